The van der Waals surface area contributed by atoms with E-state index in [-0.39, 0.29) is 11.9 Å². The molecule has 24 heavy (non-hydrogen) atoms. The first kappa shape index (κ1) is 16.7. The number of ether oxygens (including phenoxy) is 1. The molecule has 1 saturated heterocycles. The number of piperazine rings is 1. The number of hydrogen-bond acceptors (Lipinski definition) is 6. The summed E-state index contributed by atoms with van der Waals surface area (Å²) in [6, 6.07) is 5.33. The largest absolute Gasteiger partial charge is 0.465 e. The second kappa shape index (κ2) is 7.19. The molecule has 2 aromatic rings. The number of carbonyl (C=O) groups is 2. The third-order valence-corrected chi connectivity index (χ3v) is 5.27. The first-order chi connectivity index (χ1) is 11.6. The van der Waals surface area contributed by atoms with Gasteiger partial charge in [-0.15, -0.1) is 11.3 Å². The van der Waals surface area contributed by atoms with Crippen molar-refractivity contribution in [1.29, 1.82) is 0 Å². The number of thiophene rings is 1. The summed E-state index contributed by atoms with van der Waals surface area (Å²) in [5.41, 5.74) is 1.14. The van der Waals surface area contributed by atoms with Crippen molar-refractivity contribution < 1.29 is 18.7 Å². The average molecular weight is 348 g/mol. The Morgan fingerprint density at radius 1 is 1.29 bits per heavy atom. The lowest BCUT2D eigenvalue weighted by Crippen LogP contribution is -2.48. The lowest BCUT2D eigenvalue weighted by Gasteiger charge is -2.34. The first-order valence-corrected chi connectivity index (χ1v) is 8.63. The molecule has 1 aliphatic heterocycles. The Bertz CT molecular complexity index is 715. The molecule has 3 rings (SSSR count). The molecule has 1 fully saturated rings. The van der Waals surface area contributed by atoms with Gasteiger partial charge in [-0.2, -0.15) is 0 Å². The monoisotopic (exact) mass is 348 g/mol. The van der Waals surface area contributed by atoms with E-state index in [4.69, 9.17) is 9.15 Å². The highest BCUT2D eigenvalue weighted by Gasteiger charge is 2.24. The Kier molecular flexibility index (Phi) is 5.01. The van der Waals surface area contributed by atoms with Gasteiger partial charge in [-0.05, 0) is 30.7 Å². The summed E-state index contributed by atoms with van der Waals surface area (Å²) in [7, 11) is 1.40. The van der Waals surface area contributed by atoms with Crippen LogP contribution in [0.15, 0.2) is 28.9 Å². The van der Waals surface area contributed by atoms with Crippen LogP contribution < -0.4 is 0 Å². The van der Waals surface area contributed by atoms with E-state index in [2.05, 4.69) is 4.90 Å². The lowest BCUT2D eigenvalue weighted by molar-refractivity contribution is 0.0590. The molecular formula is C17H20N2O4S. The van der Waals surface area contributed by atoms with Gasteiger partial charge in [-0.1, -0.05) is 0 Å². The number of carbonyl (C=O) groups excluding carboxylic acids is 2. The van der Waals surface area contributed by atoms with Crippen LogP contribution in [0, 0.1) is 6.92 Å². The number of hydrogen-bond donors (Lipinski definition) is 0. The number of rotatable bonds is 4. The number of methoxy groups -OCH3 is 1. The molecule has 0 radical (unpaired) electrons. The van der Waals surface area contributed by atoms with Crippen LogP contribution >= 0.6 is 11.3 Å². The van der Waals surface area contributed by atoms with E-state index in [0.717, 1.165) is 30.1 Å². The highest BCUT2D eigenvalue weighted by molar-refractivity contribution is 7.14. The zero-order chi connectivity index (χ0) is 17.1. The van der Waals surface area contributed by atoms with Crippen LogP contribution in [0.1, 0.15) is 30.7 Å². The maximum Gasteiger partial charge on any atom is 0.348 e. The number of esters is 1. The predicted octanol–water partition coefficient (Wildman–Crippen LogP) is 2.39. The van der Waals surface area contributed by atoms with Gasteiger partial charge in [0.1, 0.15) is 4.88 Å². The quantitative estimate of drug-likeness (QED) is 0.794. The molecule has 7 heteroatoms. The molecule has 0 aromatic carbocycles. The van der Waals surface area contributed by atoms with Crippen molar-refractivity contribution in [2.45, 2.75) is 13.5 Å². The van der Waals surface area contributed by atoms with E-state index >= 15 is 0 Å². The number of amides is 1. The minimum absolute atomic E-state index is 0.0562. The Morgan fingerprint density at radius 2 is 2.04 bits per heavy atom. The van der Waals surface area contributed by atoms with Gasteiger partial charge in [0, 0.05) is 37.6 Å². The molecule has 128 valence electrons. The van der Waals surface area contributed by atoms with Gasteiger partial charge in [-0.3, -0.25) is 9.69 Å². The first-order valence-electron chi connectivity index (χ1n) is 7.81. The fourth-order valence-corrected chi connectivity index (χ4v) is 3.74. The van der Waals surface area contributed by atoms with Crippen LogP contribution in [0.4, 0.5) is 0 Å². The van der Waals surface area contributed by atoms with E-state index in [1.807, 2.05) is 17.9 Å². The average Bonchev–Trinajstić information content (AvgIpc) is 3.25. The van der Waals surface area contributed by atoms with Crippen molar-refractivity contribution in [1.82, 2.24) is 9.80 Å². The molecule has 1 amide bonds. The molecule has 0 spiro atoms. The smallest absolute Gasteiger partial charge is 0.348 e. The zero-order valence-corrected chi connectivity index (χ0v) is 14.6. The number of nitrogens with zero attached hydrogens (tertiary/aromatic N) is 2. The minimum Gasteiger partial charge on any atom is -0.465 e. The van der Waals surface area contributed by atoms with Crippen LogP contribution in [0.2, 0.25) is 0 Å². The molecule has 6 nitrogen and oxygen atoms in total. The van der Waals surface area contributed by atoms with Gasteiger partial charge in [0.25, 0.3) is 5.91 Å². The topological polar surface area (TPSA) is 63.0 Å². The van der Waals surface area contributed by atoms with E-state index in [1.54, 1.807) is 12.1 Å². The maximum absolute atomic E-state index is 12.3. The summed E-state index contributed by atoms with van der Waals surface area (Å²) in [5, 5.41) is 0. The molecule has 1 aliphatic rings. The summed E-state index contributed by atoms with van der Waals surface area (Å²) < 4.78 is 9.95. The van der Waals surface area contributed by atoms with Gasteiger partial charge in [-0.25, -0.2) is 4.79 Å². The van der Waals surface area contributed by atoms with E-state index in [0.29, 0.717) is 23.7 Å². The Balaban J connectivity index is 1.57. The molecule has 0 bridgehead atoms. The van der Waals surface area contributed by atoms with Crippen LogP contribution in [0.25, 0.3) is 0 Å². The Labute approximate surface area is 144 Å². The predicted molar refractivity (Wildman–Crippen MR) is 90.3 cm³/mol. The summed E-state index contributed by atoms with van der Waals surface area (Å²) >= 11 is 1.46. The van der Waals surface area contributed by atoms with E-state index in [1.165, 1.54) is 24.7 Å². The van der Waals surface area contributed by atoms with Crippen molar-refractivity contribution in [2.24, 2.45) is 0 Å². The van der Waals surface area contributed by atoms with Gasteiger partial charge >= 0.3 is 5.97 Å². The van der Waals surface area contributed by atoms with Gasteiger partial charge in [0.15, 0.2) is 5.76 Å². The van der Waals surface area contributed by atoms with Crippen LogP contribution in [-0.4, -0.2) is 55.0 Å². The molecule has 0 saturated carbocycles. The summed E-state index contributed by atoms with van der Waals surface area (Å²) in [6.07, 6.45) is 1.52. The SMILES string of the molecule is COC(=O)c1cc(CN2CCN(C(=O)c3ccco3)CC2)c(C)s1. The molecule has 0 atom stereocenters. The highest BCUT2D eigenvalue weighted by atomic mass is 32.1. The van der Waals surface area contributed by atoms with Crippen molar-refractivity contribution in [3.05, 3.63) is 45.5 Å². The van der Waals surface area contributed by atoms with E-state index in [9.17, 15) is 9.59 Å². The number of aryl methyl sites for hydroxylation is 1. The highest BCUT2D eigenvalue weighted by Crippen LogP contribution is 2.24. The van der Waals surface area contributed by atoms with E-state index < -0.39 is 0 Å². The molecule has 3 heterocycles. The molecule has 0 aliphatic carbocycles. The third kappa shape index (κ3) is 3.52. The Hall–Kier alpha value is -2.12. The summed E-state index contributed by atoms with van der Waals surface area (Å²) in [5.74, 6) is 0.0439. The zero-order valence-electron chi connectivity index (χ0n) is 13.8. The van der Waals surface area contributed by atoms with Gasteiger partial charge in [0.2, 0.25) is 0 Å². The van der Waals surface area contributed by atoms with Gasteiger partial charge < -0.3 is 14.1 Å². The maximum atomic E-state index is 12.3. The van der Waals surface area contributed by atoms with Gasteiger partial charge in [0.05, 0.1) is 13.4 Å². The fourth-order valence-electron chi connectivity index (χ4n) is 2.78. The van der Waals surface area contributed by atoms with Crippen molar-refractivity contribution in [2.75, 3.05) is 33.3 Å². The standard InChI is InChI=1S/C17H20N2O4S/c1-12-13(10-15(24-12)17(21)22-2)11-18-5-7-19(8-6-18)16(20)14-4-3-9-23-14/h3-4,9-10H,5-8,11H2,1-2H3. The van der Waals surface area contributed by atoms with Crippen molar-refractivity contribution >= 4 is 23.2 Å². The number of furan rings is 1. The Morgan fingerprint density at radius 3 is 2.67 bits per heavy atom. The summed E-state index contributed by atoms with van der Waals surface area (Å²) in [4.78, 5) is 29.8. The second-order valence-corrected chi connectivity index (χ2v) is 6.99. The van der Waals surface area contributed by atoms with Crippen LogP contribution in [0.3, 0.4) is 0 Å². The lowest BCUT2D eigenvalue weighted by atomic mass is 10.2. The minimum atomic E-state index is -0.289. The molecule has 0 unspecified atom stereocenters. The normalized spacial score (nSPS) is 15.5. The summed E-state index contributed by atoms with van der Waals surface area (Å²) in [6.45, 7) is 5.75. The third-order valence-electron chi connectivity index (χ3n) is 4.19. The fraction of sp³-hybridized carbons (Fsp3) is 0.412. The molecule has 0 N–H and O–H groups in total. The molecule has 2 aromatic heterocycles. The van der Waals surface area contributed by atoms with Crippen molar-refractivity contribution in [3.8, 4) is 0 Å². The molecular weight excluding hydrogens is 328 g/mol. The van der Waals surface area contributed by atoms with Crippen LogP contribution in [-0.2, 0) is 11.3 Å². The van der Waals surface area contributed by atoms with Crippen LogP contribution in [0.5, 0.6) is 0 Å². The van der Waals surface area contributed by atoms with Crippen molar-refractivity contribution in [3.63, 3.8) is 0 Å². The second-order valence-electron chi connectivity index (χ2n) is 5.73.